The quantitative estimate of drug-likeness (QED) is 0.629. The molecule has 0 N–H and O–H groups in total. The summed E-state index contributed by atoms with van der Waals surface area (Å²) in [7, 11) is 0. The molecule has 2 rings (SSSR count). The Balaban J connectivity index is 2.53. The first-order valence-corrected chi connectivity index (χ1v) is 4.27. The van der Waals surface area contributed by atoms with Gasteiger partial charge in [-0.1, -0.05) is 0 Å². The van der Waals surface area contributed by atoms with E-state index in [1.165, 1.54) is 0 Å². The summed E-state index contributed by atoms with van der Waals surface area (Å²) >= 11 is 1.67. The highest BCUT2D eigenvalue weighted by molar-refractivity contribution is 7.08. The highest BCUT2D eigenvalue weighted by Crippen LogP contribution is 2.12. The first-order chi connectivity index (χ1) is 5.38. The molecule has 1 radical (unpaired) electrons. The summed E-state index contributed by atoms with van der Waals surface area (Å²) < 4.78 is 1.87. The first kappa shape index (κ1) is 6.61. The minimum Gasteiger partial charge on any atom is -0.237 e. The van der Waals surface area contributed by atoms with Crippen LogP contribution in [0.3, 0.4) is 0 Å². The maximum atomic E-state index is 4.13. The van der Waals surface area contributed by atoms with Crippen molar-refractivity contribution in [3.63, 3.8) is 0 Å². The lowest BCUT2D eigenvalue weighted by molar-refractivity contribution is 0.850. The zero-order chi connectivity index (χ0) is 7.68. The van der Waals surface area contributed by atoms with E-state index in [2.05, 4.69) is 16.5 Å². The lowest BCUT2D eigenvalue weighted by Gasteiger charge is -1.97. The van der Waals surface area contributed by atoms with Crippen LogP contribution in [0.1, 0.15) is 5.69 Å². The molecule has 0 amide bonds. The Hall–Kier alpha value is -1.09. The lowest BCUT2D eigenvalue weighted by atomic mass is 10.4. The SMILES string of the molecule is Cc1[c]cnn1-c1ccsc1. The Labute approximate surface area is 69.1 Å². The minimum absolute atomic E-state index is 1.04. The van der Waals surface area contributed by atoms with Gasteiger partial charge in [-0.05, 0) is 18.4 Å². The van der Waals surface area contributed by atoms with Crippen molar-refractivity contribution in [3.05, 3.63) is 34.8 Å². The fraction of sp³-hybridized carbons (Fsp3) is 0.125. The molecular weight excluding hydrogens is 156 g/mol. The molecule has 2 heterocycles. The number of nitrogens with zero attached hydrogens (tertiary/aromatic N) is 2. The second-order valence-corrected chi connectivity index (χ2v) is 3.05. The molecule has 0 atom stereocenters. The van der Waals surface area contributed by atoms with E-state index < -0.39 is 0 Å². The summed E-state index contributed by atoms with van der Waals surface area (Å²) in [5.74, 6) is 0. The minimum atomic E-state index is 1.04. The van der Waals surface area contributed by atoms with E-state index in [4.69, 9.17) is 0 Å². The van der Waals surface area contributed by atoms with E-state index in [1.54, 1.807) is 17.5 Å². The monoisotopic (exact) mass is 163 g/mol. The van der Waals surface area contributed by atoms with Crippen LogP contribution in [0.4, 0.5) is 0 Å². The van der Waals surface area contributed by atoms with Gasteiger partial charge in [-0.25, -0.2) is 4.68 Å². The molecule has 11 heavy (non-hydrogen) atoms. The molecule has 0 saturated heterocycles. The maximum absolute atomic E-state index is 4.13. The Morgan fingerprint density at radius 2 is 2.55 bits per heavy atom. The van der Waals surface area contributed by atoms with Gasteiger partial charge >= 0.3 is 0 Å². The van der Waals surface area contributed by atoms with Gasteiger partial charge in [-0.2, -0.15) is 16.4 Å². The van der Waals surface area contributed by atoms with Crippen molar-refractivity contribution in [1.29, 1.82) is 0 Å². The number of hydrogen-bond acceptors (Lipinski definition) is 2. The maximum Gasteiger partial charge on any atom is 0.0755 e. The molecule has 2 aromatic heterocycles. The fourth-order valence-electron chi connectivity index (χ4n) is 0.966. The molecule has 2 nitrogen and oxygen atoms in total. The van der Waals surface area contributed by atoms with Crippen LogP contribution in [0.5, 0.6) is 0 Å². The molecule has 2 aromatic rings. The standard InChI is InChI=1S/C8H7N2S/c1-7-2-4-9-10(7)8-3-5-11-6-8/h3-6H,1H3. The van der Waals surface area contributed by atoms with Gasteiger partial charge < -0.3 is 0 Å². The van der Waals surface area contributed by atoms with Crippen LogP contribution in [-0.2, 0) is 0 Å². The van der Waals surface area contributed by atoms with Crippen LogP contribution in [0.15, 0.2) is 23.0 Å². The number of aromatic nitrogens is 2. The topological polar surface area (TPSA) is 17.8 Å². The normalized spacial score (nSPS) is 10.3. The Kier molecular flexibility index (Phi) is 1.51. The molecule has 0 unspecified atom stereocenters. The van der Waals surface area contributed by atoms with Gasteiger partial charge in [-0.15, -0.1) is 0 Å². The highest BCUT2D eigenvalue weighted by atomic mass is 32.1. The van der Waals surface area contributed by atoms with E-state index in [1.807, 2.05) is 23.1 Å². The molecule has 55 valence electrons. The third-order valence-electron chi connectivity index (χ3n) is 1.52. The van der Waals surface area contributed by atoms with Crippen molar-refractivity contribution in [1.82, 2.24) is 9.78 Å². The summed E-state index contributed by atoms with van der Waals surface area (Å²) in [6.07, 6.45) is 1.69. The van der Waals surface area contributed by atoms with Crippen LogP contribution in [0.25, 0.3) is 5.69 Å². The zero-order valence-corrected chi connectivity index (χ0v) is 6.93. The average Bonchev–Trinajstić information content (AvgIpc) is 2.55. The average molecular weight is 163 g/mol. The number of aryl methyl sites for hydroxylation is 1. The van der Waals surface area contributed by atoms with Gasteiger partial charge in [0.05, 0.1) is 11.9 Å². The summed E-state index contributed by atoms with van der Waals surface area (Å²) in [5.41, 5.74) is 2.16. The van der Waals surface area contributed by atoms with Crippen LogP contribution in [-0.4, -0.2) is 9.78 Å². The Morgan fingerprint density at radius 1 is 1.64 bits per heavy atom. The van der Waals surface area contributed by atoms with Gasteiger partial charge in [0.15, 0.2) is 0 Å². The fourth-order valence-corrected chi connectivity index (χ4v) is 1.58. The predicted molar refractivity (Wildman–Crippen MR) is 45.0 cm³/mol. The summed E-state index contributed by atoms with van der Waals surface area (Å²) in [5, 5.41) is 8.23. The zero-order valence-electron chi connectivity index (χ0n) is 6.11. The van der Waals surface area contributed by atoms with Gasteiger partial charge in [0.2, 0.25) is 0 Å². The third-order valence-corrected chi connectivity index (χ3v) is 2.19. The first-order valence-electron chi connectivity index (χ1n) is 3.33. The van der Waals surface area contributed by atoms with Gasteiger partial charge in [0.25, 0.3) is 0 Å². The molecule has 0 spiro atoms. The molecular formula is C8H7N2S. The number of rotatable bonds is 1. The van der Waals surface area contributed by atoms with Crippen LogP contribution in [0.2, 0.25) is 0 Å². The molecule has 0 saturated carbocycles. The van der Waals surface area contributed by atoms with Crippen molar-refractivity contribution >= 4 is 11.3 Å². The van der Waals surface area contributed by atoms with Gasteiger partial charge in [0.1, 0.15) is 0 Å². The Bertz CT molecular complexity index is 335. The van der Waals surface area contributed by atoms with Crippen LogP contribution in [0, 0.1) is 13.0 Å². The highest BCUT2D eigenvalue weighted by Gasteiger charge is 1.99. The summed E-state index contributed by atoms with van der Waals surface area (Å²) in [6.45, 7) is 1.99. The van der Waals surface area contributed by atoms with Crippen molar-refractivity contribution in [2.45, 2.75) is 6.92 Å². The third kappa shape index (κ3) is 1.07. The molecule has 0 aliphatic carbocycles. The molecule has 0 aliphatic rings. The van der Waals surface area contributed by atoms with Crippen LogP contribution < -0.4 is 0 Å². The molecule has 0 fully saturated rings. The number of thiophene rings is 1. The lowest BCUT2D eigenvalue weighted by Crippen LogP contribution is -1.95. The van der Waals surface area contributed by atoms with Crippen molar-refractivity contribution < 1.29 is 0 Å². The van der Waals surface area contributed by atoms with Gasteiger partial charge in [0, 0.05) is 17.1 Å². The molecule has 0 aromatic carbocycles. The van der Waals surface area contributed by atoms with Crippen LogP contribution >= 0.6 is 11.3 Å². The van der Waals surface area contributed by atoms with E-state index >= 15 is 0 Å². The smallest absolute Gasteiger partial charge is 0.0755 e. The summed E-state index contributed by atoms with van der Waals surface area (Å²) in [4.78, 5) is 0. The van der Waals surface area contributed by atoms with E-state index in [-0.39, 0.29) is 0 Å². The second-order valence-electron chi connectivity index (χ2n) is 2.27. The van der Waals surface area contributed by atoms with E-state index in [9.17, 15) is 0 Å². The van der Waals surface area contributed by atoms with Crippen molar-refractivity contribution in [2.75, 3.05) is 0 Å². The van der Waals surface area contributed by atoms with E-state index in [0.717, 1.165) is 11.4 Å². The Morgan fingerprint density at radius 3 is 3.09 bits per heavy atom. The molecule has 3 heteroatoms. The summed E-state index contributed by atoms with van der Waals surface area (Å²) in [6, 6.07) is 5.05. The van der Waals surface area contributed by atoms with Crippen molar-refractivity contribution in [2.24, 2.45) is 0 Å². The number of hydrogen-bond donors (Lipinski definition) is 0. The van der Waals surface area contributed by atoms with Gasteiger partial charge in [-0.3, -0.25) is 0 Å². The molecule has 0 aliphatic heterocycles. The second kappa shape index (κ2) is 2.51. The predicted octanol–water partition coefficient (Wildman–Crippen LogP) is 2.04. The van der Waals surface area contributed by atoms with E-state index in [0.29, 0.717) is 0 Å². The largest absolute Gasteiger partial charge is 0.237 e. The van der Waals surface area contributed by atoms with Crippen molar-refractivity contribution in [3.8, 4) is 5.69 Å². The molecule has 0 bridgehead atoms.